The summed E-state index contributed by atoms with van der Waals surface area (Å²) in [5, 5.41) is 9.52. The van der Waals surface area contributed by atoms with Gasteiger partial charge in [0.05, 0.1) is 55.5 Å². The average molecular weight is 1280 g/mol. The third-order valence-electron chi connectivity index (χ3n) is 19.2. The van der Waals surface area contributed by atoms with Gasteiger partial charge in [0.2, 0.25) is 11.9 Å². The predicted molar refractivity (Wildman–Crippen MR) is 407 cm³/mol. The van der Waals surface area contributed by atoms with Gasteiger partial charge in [0.25, 0.3) is 0 Å². The molecule has 11 nitrogen and oxygen atoms in total. The number of nitrogens with zero attached hydrogens (tertiary/aromatic N) is 11. The van der Waals surface area contributed by atoms with Crippen LogP contribution in [0, 0.1) is 0 Å². The van der Waals surface area contributed by atoms with Crippen molar-refractivity contribution < 1.29 is 0 Å². The van der Waals surface area contributed by atoms with Gasteiger partial charge >= 0.3 is 0 Å². The van der Waals surface area contributed by atoms with Gasteiger partial charge in [0.1, 0.15) is 5.69 Å². The van der Waals surface area contributed by atoms with E-state index >= 15 is 0 Å². The summed E-state index contributed by atoms with van der Waals surface area (Å²) in [5.41, 5.74) is 23.0. The van der Waals surface area contributed by atoms with Gasteiger partial charge in [-0.15, -0.1) is 0 Å². The zero-order valence-corrected chi connectivity index (χ0v) is 53.8. The Labute approximate surface area is 574 Å². The first kappa shape index (κ1) is 57.7. The highest BCUT2D eigenvalue weighted by Crippen LogP contribution is 2.42. The molecule has 0 unspecified atom stereocenters. The van der Waals surface area contributed by atoms with E-state index < -0.39 is 0 Å². The fraction of sp³-hybridized carbons (Fsp3) is 0. The SMILES string of the molecule is c1ccc(-c2ccc(-n3c4ccccc4c4cc(-c5ccc6c(c5)c5ccccc5n6-c5nccc(-c6ccccn6)n5)ccc43)cc2)cc1.c1ccc(-c2ccc(-n3c4ccccc4c4cc(-c5ccc6c(c5)c5ccccc5n6-c5nccc(-c6ncccn6)n5)ccc43)cc2)cc1. The number of benzene rings is 12. The number of hydrogen-bond acceptors (Lipinski definition) is 7. The van der Waals surface area contributed by atoms with Crippen LogP contribution in [-0.4, -0.2) is 53.2 Å². The maximum absolute atomic E-state index is 4.96. The summed E-state index contributed by atoms with van der Waals surface area (Å²) >= 11 is 0. The molecule has 0 atom stereocenters. The van der Waals surface area contributed by atoms with Crippen molar-refractivity contribution in [3.8, 4) is 90.7 Å². The van der Waals surface area contributed by atoms with E-state index in [1.807, 2.05) is 36.5 Å². The van der Waals surface area contributed by atoms with Gasteiger partial charge in [0.15, 0.2) is 5.82 Å². The summed E-state index contributed by atoms with van der Waals surface area (Å²) in [6.45, 7) is 0. The molecule has 0 amide bonds. The lowest BCUT2D eigenvalue weighted by molar-refractivity contribution is 0.981. The highest BCUT2D eigenvalue weighted by molar-refractivity contribution is 6.15. The minimum Gasteiger partial charge on any atom is -0.309 e. The smallest absolute Gasteiger partial charge is 0.235 e. The van der Waals surface area contributed by atoms with Crippen molar-refractivity contribution >= 4 is 87.2 Å². The molecule has 0 aliphatic heterocycles. The first-order valence-corrected chi connectivity index (χ1v) is 33.4. The van der Waals surface area contributed by atoms with Crippen LogP contribution in [-0.2, 0) is 0 Å². The van der Waals surface area contributed by atoms with Crippen LogP contribution in [0.5, 0.6) is 0 Å². The molecule has 0 spiro atoms. The van der Waals surface area contributed by atoms with E-state index in [0.717, 1.165) is 83.1 Å². The van der Waals surface area contributed by atoms with Crippen LogP contribution in [0.4, 0.5) is 0 Å². The monoisotopic (exact) mass is 1280 g/mol. The number of fused-ring (bicyclic) bond motifs is 12. The fourth-order valence-electron chi connectivity index (χ4n) is 14.6. The Morgan fingerprint density at radius 1 is 0.180 bits per heavy atom. The van der Waals surface area contributed by atoms with Gasteiger partial charge in [-0.1, -0.05) is 188 Å². The Hall–Kier alpha value is -13.8. The molecule has 0 fully saturated rings. The third-order valence-corrected chi connectivity index (χ3v) is 19.2. The predicted octanol–water partition coefficient (Wildman–Crippen LogP) is 21.5. The molecule has 0 radical (unpaired) electrons. The van der Waals surface area contributed by atoms with Crippen LogP contribution in [0.25, 0.3) is 178 Å². The first-order valence-electron chi connectivity index (χ1n) is 33.4. The zero-order valence-electron chi connectivity index (χ0n) is 53.8. The van der Waals surface area contributed by atoms with Gasteiger partial charge in [0, 0.05) is 85.4 Å². The summed E-state index contributed by atoms with van der Waals surface area (Å²) in [5.74, 6) is 1.78. The van der Waals surface area contributed by atoms with E-state index in [9.17, 15) is 0 Å². The summed E-state index contributed by atoms with van der Waals surface area (Å²) in [6, 6.07) is 112. The quantitative estimate of drug-likeness (QED) is 0.134. The normalized spacial score (nSPS) is 11.6. The van der Waals surface area contributed by atoms with Crippen molar-refractivity contribution in [3.63, 3.8) is 0 Å². The molecule has 100 heavy (non-hydrogen) atoms. The van der Waals surface area contributed by atoms with E-state index in [0.29, 0.717) is 23.4 Å². The Morgan fingerprint density at radius 3 is 0.910 bits per heavy atom. The summed E-state index contributed by atoms with van der Waals surface area (Å²) in [6.07, 6.45) is 8.82. The van der Waals surface area contributed by atoms with E-state index in [4.69, 9.17) is 19.9 Å². The molecule has 11 heteroatoms. The molecule has 0 N–H and O–H groups in total. The van der Waals surface area contributed by atoms with Crippen LogP contribution in [0.1, 0.15) is 0 Å². The van der Waals surface area contributed by atoms with Crippen LogP contribution in [0.15, 0.2) is 346 Å². The first-order chi connectivity index (χ1) is 49.6. The molecular formula is C89H57N11. The average Bonchev–Trinajstić information content (AvgIpc) is 1.59. The van der Waals surface area contributed by atoms with E-state index in [-0.39, 0.29) is 0 Å². The Kier molecular flexibility index (Phi) is 13.9. The van der Waals surface area contributed by atoms with Crippen molar-refractivity contribution in [3.05, 3.63) is 346 Å². The van der Waals surface area contributed by atoms with Gasteiger partial charge in [-0.2, -0.15) is 0 Å². The molecule has 0 bridgehead atoms. The minimum atomic E-state index is 0.570. The molecule has 20 rings (SSSR count). The maximum Gasteiger partial charge on any atom is 0.235 e. The van der Waals surface area contributed by atoms with Crippen LogP contribution < -0.4 is 0 Å². The Bertz CT molecular complexity index is 6100. The lowest BCUT2D eigenvalue weighted by atomic mass is 10.0. The summed E-state index contributed by atoms with van der Waals surface area (Å²) in [4.78, 5) is 32.6. The van der Waals surface area contributed by atoms with Crippen molar-refractivity contribution in [1.29, 1.82) is 0 Å². The molecule has 8 heterocycles. The van der Waals surface area contributed by atoms with Crippen LogP contribution in [0.3, 0.4) is 0 Å². The van der Waals surface area contributed by atoms with Crippen molar-refractivity contribution in [2.75, 3.05) is 0 Å². The molecule has 0 saturated heterocycles. The summed E-state index contributed by atoms with van der Waals surface area (Å²) < 4.78 is 9.02. The highest BCUT2D eigenvalue weighted by atomic mass is 15.2. The van der Waals surface area contributed by atoms with Gasteiger partial charge in [-0.25, -0.2) is 29.9 Å². The Balaban J connectivity index is 0.000000139. The molecular weight excluding hydrogens is 1220 g/mol. The minimum absolute atomic E-state index is 0.570. The number of aromatic nitrogens is 11. The topological polar surface area (TPSA) is 110 Å². The standard InChI is InChI=1S/C45H29N5.C44H28N6/c1-2-10-30(11-3-1)31-17-21-34(22-18-31)49-41-15-6-4-12-35(41)37-28-32(19-23-43(37)49)33-20-24-44-38(29-33)36-13-5-7-16-42(36)50(44)45-47-27-25-40(48-45)39-14-8-9-26-46-39;1-2-9-29(10-3-1)30-15-19-33(20-16-30)49-39-13-6-4-11-34(39)36-27-31(17-21-41(36)49)32-18-22-42-37(28-32)35-12-5-7-14-40(35)50(42)44-47-26-23-38(48-44)43-45-24-8-25-46-43/h1-29H;1-28H. The number of hydrogen-bond donors (Lipinski definition) is 0. The third kappa shape index (κ3) is 9.94. The second-order valence-electron chi connectivity index (χ2n) is 24.9. The second-order valence-corrected chi connectivity index (χ2v) is 24.9. The Morgan fingerprint density at radius 2 is 0.500 bits per heavy atom. The van der Waals surface area contributed by atoms with Gasteiger partial charge in [-0.05, 0) is 172 Å². The molecule has 20 aromatic rings. The number of para-hydroxylation sites is 4. The molecule has 0 aliphatic rings. The van der Waals surface area contributed by atoms with E-state index in [2.05, 4.69) is 312 Å². The number of rotatable bonds is 10. The largest absolute Gasteiger partial charge is 0.309 e. The molecule has 12 aromatic carbocycles. The van der Waals surface area contributed by atoms with E-state index in [1.165, 1.54) is 71.4 Å². The highest BCUT2D eigenvalue weighted by Gasteiger charge is 2.21. The van der Waals surface area contributed by atoms with Gasteiger partial charge in [-0.3, -0.25) is 14.1 Å². The molecule has 0 aliphatic carbocycles. The fourth-order valence-corrected chi connectivity index (χ4v) is 14.6. The van der Waals surface area contributed by atoms with Gasteiger partial charge < -0.3 is 9.13 Å². The lowest BCUT2D eigenvalue weighted by Gasteiger charge is -2.10. The number of pyridine rings is 1. The van der Waals surface area contributed by atoms with E-state index in [1.54, 1.807) is 30.9 Å². The summed E-state index contributed by atoms with van der Waals surface area (Å²) in [7, 11) is 0. The maximum atomic E-state index is 4.96. The van der Waals surface area contributed by atoms with Crippen LogP contribution >= 0.6 is 0 Å². The second kappa shape index (κ2) is 24.2. The zero-order chi connectivity index (χ0) is 66.0. The molecule has 8 aromatic heterocycles. The lowest BCUT2D eigenvalue weighted by Crippen LogP contribution is -2.02. The van der Waals surface area contributed by atoms with Crippen LogP contribution in [0.2, 0.25) is 0 Å². The van der Waals surface area contributed by atoms with Crippen molar-refractivity contribution in [2.24, 2.45) is 0 Å². The molecule has 0 saturated carbocycles. The van der Waals surface area contributed by atoms with Crippen molar-refractivity contribution in [2.45, 2.75) is 0 Å². The van der Waals surface area contributed by atoms with Crippen molar-refractivity contribution in [1.82, 2.24) is 53.2 Å². The molecule has 468 valence electrons.